The number of carbonyl (C=O) groups is 1. The van der Waals surface area contributed by atoms with Gasteiger partial charge < -0.3 is 15.0 Å². The van der Waals surface area contributed by atoms with Crippen LogP contribution in [0.1, 0.15) is 21.5 Å². The van der Waals surface area contributed by atoms with Crippen LogP contribution in [0, 0.1) is 6.92 Å². The molecule has 0 fully saturated rings. The topological polar surface area (TPSA) is 66.8 Å². The van der Waals surface area contributed by atoms with Crippen LogP contribution in [0.4, 0.5) is 5.69 Å². The van der Waals surface area contributed by atoms with Crippen molar-refractivity contribution in [3.05, 3.63) is 65.2 Å². The maximum absolute atomic E-state index is 12.5. The highest BCUT2D eigenvalue weighted by atomic mass is 16.5. The van der Waals surface area contributed by atoms with Gasteiger partial charge in [0.2, 0.25) is 0 Å². The molecule has 1 aromatic heterocycles. The first-order chi connectivity index (χ1) is 12.2. The molecular weight excluding hydrogens is 316 g/mol. The minimum atomic E-state index is -0.0875. The van der Waals surface area contributed by atoms with Crippen LogP contribution in [0.3, 0.4) is 0 Å². The van der Waals surface area contributed by atoms with Crippen molar-refractivity contribution in [3.63, 3.8) is 0 Å². The highest BCUT2D eigenvalue weighted by molar-refractivity contribution is 6.10. The fraction of sp³-hybridized carbons (Fsp3) is 0.211. The van der Waals surface area contributed by atoms with E-state index in [1.807, 2.05) is 24.0 Å². The van der Waals surface area contributed by atoms with Gasteiger partial charge in [0, 0.05) is 36.1 Å². The molecule has 0 radical (unpaired) electrons. The van der Waals surface area contributed by atoms with Gasteiger partial charge >= 0.3 is 0 Å². The standard InChI is InChI=1S/C19H18N4O2/c1-12-8-15-14(9-17(12)25-2)19-21-6-7-23(19)18(22-15)10-16(24)13-4-3-5-20-11-13/h3-5,8-11,22H,6-7H2,1-2H3. The average molecular weight is 334 g/mol. The van der Waals surface area contributed by atoms with E-state index >= 15 is 0 Å². The Morgan fingerprint density at radius 3 is 3.04 bits per heavy atom. The Balaban J connectivity index is 1.75. The number of hydrogen-bond acceptors (Lipinski definition) is 6. The van der Waals surface area contributed by atoms with E-state index in [9.17, 15) is 4.79 Å². The summed E-state index contributed by atoms with van der Waals surface area (Å²) in [7, 11) is 1.66. The zero-order chi connectivity index (χ0) is 17.4. The number of ether oxygens (including phenoxy) is 1. The van der Waals surface area contributed by atoms with Crippen molar-refractivity contribution in [3.8, 4) is 5.75 Å². The van der Waals surface area contributed by atoms with Crippen molar-refractivity contribution in [2.75, 3.05) is 25.5 Å². The third kappa shape index (κ3) is 2.65. The maximum Gasteiger partial charge on any atom is 0.191 e. The average Bonchev–Trinajstić information content (AvgIpc) is 3.12. The number of amidine groups is 1. The number of allylic oxidation sites excluding steroid dienone is 1. The molecule has 2 aliphatic heterocycles. The highest BCUT2D eigenvalue weighted by Gasteiger charge is 2.30. The molecular formula is C19H18N4O2. The summed E-state index contributed by atoms with van der Waals surface area (Å²) in [6.45, 7) is 3.43. The van der Waals surface area contributed by atoms with Crippen LogP contribution in [0.25, 0.3) is 0 Å². The summed E-state index contributed by atoms with van der Waals surface area (Å²) in [5.74, 6) is 2.35. The number of methoxy groups -OCH3 is 1. The second kappa shape index (κ2) is 6.05. The number of anilines is 1. The Morgan fingerprint density at radius 1 is 1.40 bits per heavy atom. The Kier molecular flexibility index (Phi) is 3.72. The van der Waals surface area contributed by atoms with E-state index in [4.69, 9.17) is 4.74 Å². The number of nitrogens with zero attached hydrogens (tertiary/aromatic N) is 3. The number of fused-ring (bicyclic) bond motifs is 3. The zero-order valence-corrected chi connectivity index (χ0v) is 14.1. The maximum atomic E-state index is 12.5. The quantitative estimate of drug-likeness (QED) is 0.690. The Bertz CT molecular complexity index is 903. The van der Waals surface area contributed by atoms with E-state index in [1.54, 1.807) is 37.7 Å². The van der Waals surface area contributed by atoms with Crippen molar-refractivity contribution in [1.29, 1.82) is 0 Å². The van der Waals surface area contributed by atoms with E-state index < -0.39 is 0 Å². The minimum Gasteiger partial charge on any atom is -0.496 e. The number of carbonyl (C=O) groups excluding carboxylic acids is 1. The van der Waals surface area contributed by atoms with Gasteiger partial charge in [0.25, 0.3) is 0 Å². The molecule has 0 amide bonds. The van der Waals surface area contributed by atoms with Crippen LogP contribution < -0.4 is 10.1 Å². The number of aryl methyl sites for hydroxylation is 1. The fourth-order valence-electron chi connectivity index (χ4n) is 3.14. The normalized spacial score (nSPS) is 16.8. The third-order valence-corrected chi connectivity index (χ3v) is 4.38. The molecule has 4 rings (SSSR count). The van der Waals surface area contributed by atoms with Crippen LogP contribution in [0.5, 0.6) is 5.75 Å². The van der Waals surface area contributed by atoms with Gasteiger partial charge in [-0.1, -0.05) is 0 Å². The molecule has 3 heterocycles. The molecule has 2 aromatic rings. The third-order valence-electron chi connectivity index (χ3n) is 4.38. The number of pyridine rings is 1. The number of benzene rings is 1. The lowest BCUT2D eigenvalue weighted by Crippen LogP contribution is -2.36. The van der Waals surface area contributed by atoms with Crippen molar-refractivity contribution in [2.45, 2.75) is 6.92 Å². The SMILES string of the molecule is COc1cc2c(cc1C)NC(=CC(=O)c1cccnc1)N1CCN=C21. The van der Waals surface area contributed by atoms with Crippen LogP contribution in [0.2, 0.25) is 0 Å². The Labute approximate surface area is 145 Å². The first-order valence-corrected chi connectivity index (χ1v) is 8.11. The largest absolute Gasteiger partial charge is 0.496 e. The van der Waals surface area contributed by atoms with E-state index in [1.165, 1.54) is 0 Å². The van der Waals surface area contributed by atoms with Crippen molar-refractivity contribution >= 4 is 17.3 Å². The number of ketones is 1. The first-order valence-electron chi connectivity index (χ1n) is 8.11. The van der Waals surface area contributed by atoms with Crippen LogP contribution >= 0.6 is 0 Å². The molecule has 25 heavy (non-hydrogen) atoms. The van der Waals surface area contributed by atoms with Gasteiger partial charge in [-0.3, -0.25) is 14.8 Å². The van der Waals surface area contributed by atoms with Gasteiger partial charge in [-0.2, -0.15) is 0 Å². The highest BCUT2D eigenvalue weighted by Crippen LogP contribution is 2.34. The number of rotatable bonds is 3. The lowest BCUT2D eigenvalue weighted by atomic mass is 10.0. The predicted molar refractivity (Wildman–Crippen MR) is 96.1 cm³/mol. The molecule has 0 saturated heterocycles. The lowest BCUT2D eigenvalue weighted by Gasteiger charge is -2.32. The van der Waals surface area contributed by atoms with Crippen molar-refractivity contribution in [1.82, 2.24) is 9.88 Å². The molecule has 2 aliphatic rings. The molecule has 0 unspecified atom stereocenters. The molecule has 0 bridgehead atoms. The van der Waals surface area contributed by atoms with Gasteiger partial charge in [-0.25, -0.2) is 0 Å². The number of aromatic nitrogens is 1. The van der Waals surface area contributed by atoms with Gasteiger partial charge in [0.05, 0.1) is 19.3 Å². The molecule has 0 saturated carbocycles. The summed E-state index contributed by atoms with van der Waals surface area (Å²) in [4.78, 5) is 23.2. The van der Waals surface area contributed by atoms with Gasteiger partial charge in [-0.15, -0.1) is 0 Å². The second-order valence-corrected chi connectivity index (χ2v) is 5.98. The van der Waals surface area contributed by atoms with E-state index in [-0.39, 0.29) is 5.78 Å². The van der Waals surface area contributed by atoms with Crippen LogP contribution in [0.15, 0.2) is 53.5 Å². The van der Waals surface area contributed by atoms with Gasteiger partial charge in [0.15, 0.2) is 5.78 Å². The first kappa shape index (κ1) is 15.4. The minimum absolute atomic E-state index is 0.0875. The Morgan fingerprint density at radius 2 is 2.28 bits per heavy atom. The predicted octanol–water partition coefficient (Wildman–Crippen LogP) is 2.61. The van der Waals surface area contributed by atoms with Gasteiger partial charge in [0.1, 0.15) is 17.4 Å². The molecule has 6 heteroatoms. The molecule has 0 spiro atoms. The van der Waals surface area contributed by atoms with Gasteiger partial charge in [-0.05, 0) is 36.8 Å². The second-order valence-electron chi connectivity index (χ2n) is 5.98. The molecule has 1 aromatic carbocycles. The molecule has 126 valence electrons. The number of nitrogens with one attached hydrogen (secondary N) is 1. The molecule has 0 atom stereocenters. The fourth-order valence-corrected chi connectivity index (χ4v) is 3.14. The summed E-state index contributed by atoms with van der Waals surface area (Å²) < 4.78 is 5.43. The molecule has 1 N–H and O–H groups in total. The van der Waals surface area contributed by atoms with Crippen molar-refractivity contribution in [2.24, 2.45) is 4.99 Å². The Hall–Kier alpha value is -3.15. The van der Waals surface area contributed by atoms with Crippen molar-refractivity contribution < 1.29 is 9.53 Å². The summed E-state index contributed by atoms with van der Waals surface area (Å²) in [5.41, 5.74) is 3.51. The van der Waals surface area contributed by atoms with Crippen LogP contribution in [-0.2, 0) is 0 Å². The summed E-state index contributed by atoms with van der Waals surface area (Å²) >= 11 is 0. The summed E-state index contributed by atoms with van der Waals surface area (Å²) in [6.07, 6.45) is 4.84. The molecule has 6 nitrogen and oxygen atoms in total. The van der Waals surface area contributed by atoms with Crippen LogP contribution in [-0.4, -0.2) is 41.7 Å². The summed E-state index contributed by atoms with van der Waals surface area (Å²) in [6, 6.07) is 7.54. The van der Waals surface area contributed by atoms with E-state index in [0.29, 0.717) is 12.1 Å². The number of aliphatic imine (C=N–C) groups is 1. The monoisotopic (exact) mass is 334 g/mol. The lowest BCUT2D eigenvalue weighted by molar-refractivity contribution is 0.104. The molecule has 0 aliphatic carbocycles. The number of hydrogen-bond donors (Lipinski definition) is 1. The smallest absolute Gasteiger partial charge is 0.191 e. The summed E-state index contributed by atoms with van der Waals surface area (Å²) in [5, 5.41) is 3.37. The van der Waals surface area contributed by atoms with E-state index in [0.717, 1.165) is 40.8 Å². The van der Waals surface area contributed by atoms with E-state index in [2.05, 4.69) is 15.3 Å². The zero-order valence-electron chi connectivity index (χ0n) is 14.1.